The molecular weight excluding hydrogens is 444 g/mol. The van der Waals surface area contributed by atoms with Gasteiger partial charge in [0, 0.05) is 24.2 Å². The molecule has 0 saturated carbocycles. The lowest BCUT2D eigenvalue weighted by Crippen LogP contribution is -2.28. The Balaban J connectivity index is 0.000000273. The molecule has 2 aliphatic rings. The Morgan fingerprint density at radius 2 is 1.66 bits per heavy atom. The normalized spacial score (nSPS) is 14.0. The number of benzene rings is 2. The van der Waals surface area contributed by atoms with E-state index < -0.39 is 11.9 Å². The van der Waals surface area contributed by atoms with E-state index in [1.807, 2.05) is 0 Å². The van der Waals surface area contributed by atoms with E-state index in [-0.39, 0.29) is 22.7 Å². The Kier molecular flexibility index (Phi) is 9.39. The van der Waals surface area contributed by atoms with Gasteiger partial charge in [0.1, 0.15) is 11.6 Å². The number of anilines is 1. The van der Waals surface area contributed by atoms with Crippen LogP contribution in [0, 0.1) is 11.6 Å². The summed E-state index contributed by atoms with van der Waals surface area (Å²) in [6.07, 6.45) is 3.83. The van der Waals surface area contributed by atoms with E-state index in [1.165, 1.54) is 30.3 Å². The first-order valence-electron chi connectivity index (χ1n) is 10.0. The van der Waals surface area contributed by atoms with Crippen molar-refractivity contribution >= 4 is 35.2 Å². The minimum Gasteiger partial charge on any atom is -0.465 e. The molecule has 2 aromatic rings. The largest absolute Gasteiger partial charge is 0.465 e. The number of carboxylic acid groups (broad SMARTS) is 1. The van der Waals surface area contributed by atoms with Gasteiger partial charge in [-0.05, 0) is 73.6 Å². The molecule has 32 heavy (non-hydrogen) atoms. The Labute approximate surface area is 188 Å². The molecular formula is C22H24ClF2N3O4. The van der Waals surface area contributed by atoms with Gasteiger partial charge in [0.2, 0.25) is 5.91 Å². The van der Waals surface area contributed by atoms with Crippen LogP contribution in [0.15, 0.2) is 30.3 Å². The van der Waals surface area contributed by atoms with Crippen LogP contribution in [0.3, 0.4) is 0 Å². The molecule has 0 unspecified atom stereocenters. The van der Waals surface area contributed by atoms with Crippen LogP contribution in [0.25, 0.3) is 0 Å². The monoisotopic (exact) mass is 467 g/mol. The van der Waals surface area contributed by atoms with Crippen LogP contribution in [0.2, 0.25) is 5.02 Å². The van der Waals surface area contributed by atoms with Crippen LogP contribution in [0.5, 0.6) is 0 Å². The number of carbonyl (C=O) groups is 3. The molecule has 0 atom stereocenters. The molecule has 0 radical (unpaired) electrons. The second-order valence-electron chi connectivity index (χ2n) is 7.13. The van der Waals surface area contributed by atoms with Crippen molar-refractivity contribution in [2.45, 2.75) is 38.5 Å². The van der Waals surface area contributed by atoms with Gasteiger partial charge in [0.05, 0.1) is 5.02 Å². The summed E-state index contributed by atoms with van der Waals surface area (Å²) in [6, 6.07) is 6.77. The van der Waals surface area contributed by atoms with E-state index in [4.69, 9.17) is 21.5 Å². The fraction of sp³-hybridized carbons (Fsp3) is 0.318. The van der Waals surface area contributed by atoms with E-state index in [0.29, 0.717) is 29.7 Å². The first-order chi connectivity index (χ1) is 15.2. The summed E-state index contributed by atoms with van der Waals surface area (Å²) >= 11 is 5.68. The van der Waals surface area contributed by atoms with Crippen LogP contribution in [-0.2, 0) is 17.6 Å². The number of nitrogens with one attached hydrogen (secondary N) is 2. The Morgan fingerprint density at radius 3 is 2.22 bits per heavy atom. The Bertz CT molecular complexity index is 989. The maximum atomic E-state index is 13.7. The van der Waals surface area contributed by atoms with Crippen molar-refractivity contribution in [2.75, 3.05) is 11.9 Å². The van der Waals surface area contributed by atoms with Crippen molar-refractivity contribution in [3.63, 3.8) is 0 Å². The van der Waals surface area contributed by atoms with Crippen molar-refractivity contribution < 1.29 is 28.3 Å². The lowest BCUT2D eigenvalue weighted by molar-refractivity contribution is -0.122. The smallest absolute Gasteiger partial charge is 0.402 e. The fourth-order valence-corrected chi connectivity index (χ4v) is 3.55. The van der Waals surface area contributed by atoms with Gasteiger partial charge in [0.15, 0.2) is 0 Å². The third-order valence-electron chi connectivity index (χ3n) is 4.80. The van der Waals surface area contributed by atoms with Gasteiger partial charge in [-0.2, -0.15) is 0 Å². The summed E-state index contributed by atoms with van der Waals surface area (Å²) in [6.45, 7) is 0.888. The zero-order valence-corrected chi connectivity index (χ0v) is 18.0. The predicted octanol–water partition coefficient (Wildman–Crippen LogP) is 4.27. The SMILES string of the molecule is NC(=O)O.O=C(Nc1ccc(F)c(Cl)c1)c1ccc(F)c2c1CCC2.O=C1CCCCN1. The third kappa shape index (κ3) is 7.49. The third-order valence-corrected chi connectivity index (χ3v) is 5.09. The number of nitrogens with two attached hydrogens (primary N) is 1. The van der Waals surface area contributed by atoms with Crippen LogP contribution in [0.1, 0.15) is 47.2 Å². The number of rotatable bonds is 2. The molecule has 2 aromatic carbocycles. The molecule has 1 saturated heterocycles. The summed E-state index contributed by atoms with van der Waals surface area (Å²) in [5.74, 6) is -0.928. The number of fused-ring (bicyclic) bond motifs is 1. The van der Waals surface area contributed by atoms with Crippen LogP contribution in [0.4, 0.5) is 19.3 Å². The zero-order valence-electron chi connectivity index (χ0n) is 17.2. The standard InChI is InChI=1S/C16H12ClF2NO.C5H9NO.CH3NO2/c17-13-8-9(4-6-15(13)19)20-16(21)12-5-7-14(18)11-3-1-2-10(11)12;7-5-3-1-2-4-6-5;2-1(3)4/h4-8H,1-3H2,(H,20,21);1-4H2,(H,6,7);2H2,(H,3,4). The minimum absolute atomic E-state index is 0.0582. The highest BCUT2D eigenvalue weighted by atomic mass is 35.5. The van der Waals surface area contributed by atoms with Crippen molar-refractivity contribution in [1.82, 2.24) is 5.32 Å². The number of hydrogen-bond donors (Lipinski definition) is 4. The first kappa shape index (κ1) is 25.1. The number of carbonyl (C=O) groups excluding carboxylic acids is 2. The molecule has 0 spiro atoms. The Hall–Kier alpha value is -3.20. The summed E-state index contributed by atoms with van der Waals surface area (Å²) in [5.41, 5.74) is 6.28. The zero-order chi connectivity index (χ0) is 23.7. The molecule has 0 aromatic heterocycles. The van der Waals surface area contributed by atoms with Crippen LogP contribution >= 0.6 is 11.6 Å². The highest BCUT2D eigenvalue weighted by Crippen LogP contribution is 2.28. The first-order valence-corrected chi connectivity index (χ1v) is 10.4. The van der Waals surface area contributed by atoms with Crippen molar-refractivity contribution in [3.05, 3.63) is 63.7 Å². The lowest BCUT2D eigenvalue weighted by Gasteiger charge is -2.10. The van der Waals surface area contributed by atoms with Crippen molar-refractivity contribution in [2.24, 2.45) is 5.73 Å². The fourth-order valence-electron chi connectivity index (χ4n) is 3.37. The van der Waals surface area contributed by atoms with Crippen molar-refractivity contribution in [1.29, 1.82) is 0 Å². The van der Waals surface area contributed by atoms with E-state index >= 15 is 0 Å². The Morgan fingerprint density at radius 1 is 1.00 bits per heavy atom. The maximum absolute atomic E-state index is 13.7. The number of primary amides is 1. The molecule has 1 heterocycles. The van der Waals surface area contributed by atoms with Gasteiger partial charge < -0.3 is 21.5 Å². The second-order valence-corrected chi connectivity index (χ2v) is 7.54. The molecule has 0 bridgehead atoms. The summed E-state index contributed by atoms with van der Waals surface area (Å²) < 4.78 is 26.8. The molecule has 4 rings (SSSR count). The molecule has 172 valence electrons. The molecule has 1 fully saturated rings. The molecule has 1 aliphatic heterocycles. The summed E-state index contributed by atoms with van der Waals surface area (Å²) in [7, 11) is 0. The molecule has 5 N–H and O–H groups in total. The highest BCUT2D eigenvalue weighted by Gasteiger charge is 2.22. The van der Waals surface area contributed by atoms with Gasteiger partial charge >= 0.3 is 6.09 Å². The number of piperidine rings is 1. The highest BCUT2D eigenvalue weighted by molar-refractivity contribution is 6.31. The van der Waals surface area contributed by atoms with Gasteiger partial charge in [-0.3, -0.25) is 9.59 Å². The number of amides is 3. The van der Waals surface area contributed by atoms with E-state index in [9.17, 15) is 18.4 Å². The maximum Gasteiger partial charge on any atom is 0.402 e. The van der Waals surface area contributed by atoms with Gasteiger partial charge in [-0.1, -0.05) is 11.6 Å². The topological polar surface area (TPSA) is 122 Å². The molecule has 10 heteroatoms. The quantitative estimate of drug-likeness (QED) is 0.527. The number of hydrogen-bond acceptors (Lipinski definition) is 3. The van der Waals surface area contributed by atoms with Crippen molar-refractivity contribution in [3.8, 4) is 0 Å². The lowest BCUT2D eigenvalue weighted by atomic mass is 10.0. The molecule has 3 amide bonds. The van der Waals surface area contributed by atoms with E-state index in [2.05, 4.69) is 16.4 Å². The van der Waals surface area contributed by atoms with Crippen LogP contribution in [-0.4, -0.2) is 29.6 Å². The molecule has 1 aliphatic carbocycles. The van der Waals surface area contributed by atoms with Gasteiger partial charge in [-0.25, -0.2) is 13.6 Å². The average molecular weight is 468 g/mol. The van der Waals surface area contributed by atoms with E-state index in [0.717, 1.165) is 37.8 Å². The van der Waals surface area contributed by atoms with Gasteiger partial charge in [-0.15, -0.1) is 0 Å². The molecule has 7 nitrogen and oxygen atoms in total. The summed E-state index contributed by atoms with van der Waals surface area (Å²) in [5, 5.41) is 12.5. The predicted molar refractivity (Wildman–Crippen MR) is 117 cm³/mol. The van der Waals surface area contributed by atoms with E-state index in [1.54, 1.807) is 0 Å². The summed E-state index contributed by atoms with van der Waals surface area (Å²) in [4.78, 5) is 31.4. The number of halogens is 3. The minimum atomic E-state index is -1.33. The second kappa shape index (κ2) is 12.0. The average Bonchev–Trinajstić information content (AvgIpc) is 3.22. The van der Waals surface area contributed by atoms with Gasteiger partial charge in [0.25, 0.3) is 5.91 Å². The van der Waals surface area contributed by atoms with Crippen LogP contribution < -0.4 is 16.4 Å².